The third-order valence-electron chi connectivity index (χ3n) is 2.42. The second-order valence-corrected chi connectivity index (χ2v) is 4.04. The number of aromatic nitrogens is 2. The zero-order valence-corrected chi connectivity index (χ0v) is 9.35. The number of nitriles is 2. The van der Waals surface area contributed by atoms with Crippen LogP contribution < -0.4 is 5.73 Å². The quantitative estimate of drug-likeness (QED) is 0.749. The highest BCUT2D eigenvalue weighted by molar-refractivity contribution is 5.10. The molecular weight excluding hydrogens is 202 g/mol. The Labute approximate surface area is 95.1 Å². The number of hydrogen-bond donors (Lipinski definition) is 1. The van der Waals surface area contributed by atoms with Crippen molar-refractivity contribution in [3.05, 3.63) is 18.2 Å². The van der Waals surface area contributed by atoms with Crippen molar-refractivity contribution in [2.75, 3.05) is 0 Å². The number of nitrogens with two attached hydrogens (primary N) is 1. The van der Waals surface area contributed by atoms with E-state index in [1.165, 1.54) is 0 Å². The average molecular weight is 217 g/mol. The first kappa shape index (κ1) is 12.2. The summed E-state index contributed by atoms with van der Waals surface area (Å²) in [6.07, 6.45) is 5.81. The van der Waals surface area contributed by atoms with Crippen molar-refractivity contribution in [2.24, 2.45) is 5.73 Å². The minimum absolute atomic E-state index is 0.427. The van der Waals surface area contributed by atoms with Crippen LogP contribution >= 0.6 is 0 Å². The predicted molar refractivity (Wildman–Crippen MR) is 59.0 cm³/mol. The first-order valence-electron chi connectivity index (χ1n) is 5.20. The lowest BCUT2D eigenvalue weighted by molar-refractivity contribution is 0.486. The third-order valence-corrected chi connectivity index (χ3v) is 2.42. The van der Waals surface area contributed by atoms with Crippen molar-refractivity contribution in [1.82, 2.24) is 9.55 Å². The topological polar surface area (TPSA) is 91.4 Å². The van der Waals surface area contributed by atoms with Gasteiger partial charge in [-0.25, -0.2) is 4.98 Å². The van der Waals surface area contributed by atoms with Crippen molar-refractivity contribution in [2.45, 2.75) is 38.3 Å². The Morgan fingerprint density at radius 3 is 2.88 bits per heavy atom. The first-order valence-corrected chi connectivity index (χ1v) is 5.20. The number of hydrogen-bond acceptors (Lipinski definition) is 4. The molecule has 0 saturated carbocycles. The van der Waals surface area contributed by atoms with Gasteiger partial charge in [-0.2, -0.15) is 10.5 Å². The number of rotatable bonds is 5. The predicted octanol–water partition coefficient (Wildman–Crippen LogP) is 1.17. The van der Waals surface area contributed by atoms with Crippen LogP contribution in [0.25, 0.3) is 0 Å². The maximum absolute atomic E-state index is 8.73. The van der Waals surface area contributed by atoms with E-state index in [2.05, 4.69) is 11.1 Å². The van der Waals surface area contributed by atoms with Crippen LogP contribution in [0.1, 0.15) is 32.0 Å². The zero-order valence-electron chi connectivity index (χ0n) is 9.35. The molecule has 16 heavy (non-hydrogen) atoms. The van der Waals surface area contributed by atoms with Gasteiger partial charge in [0.15, 0.2) is 0 Å². The molecule has 0 aliphatic heterocycles. The van der Waals surface area contributed by atoms with Crippen LogP contribution in [-0.2, 0) is 6.54 Å². The Kier molecular flexibility index (Phi) is 4.04. The van der Waals surface area contributed by atoms with Crippen LogP contribution in [0.2, 0.25) is 0 Å². The van der Waals surface area contributed by atoms with Crippen LogP contribution in [0, 0.1) is 22.7 Å². The molecule has 84 valence electrons. The lowest BCUT2D eigenvalue weighted by Crippen LogP contribution is -2.33. The highest BCUT2D eigenvalue weighted by atomic mass is 15.1. The summed E-state index contributed by atoms with van der Waals surface area (Å²) >= 11 is 0. The second-order valence-electron chi connectivity index (χ2n) is 4.04. The van der Waals surface area contributed by atoms with E-state index >= 15 is 0 Å². The summed E-state index contributed by atoms with van der Waals surface area (Å²) in [7, 11) is 0. The molecule has 1 atom stereocenters. The Bertz CT molecular complexity index is 418. The summed E-state index contributed by atoms with van der Waals surface area (Å²) in [5.41, 5.74) is 4.96. The van der Waals surface area contributed by atoms with Crippen molar-refractivity contribution in [3.8, 4) is 12.1 Å². The fourth-order valence-corrected chi connectivity index (χ4v) is 1.43. The highest BCUT2D eigenvalue weighted by Crippen LogP contribution is 2.10. The average Bonchev–Trinajstić information content (AvgIpc) is 2.72. The van der Waals surface area contributed by atoms with Crippen LogP contribution in [-0.4, -0.2) is 15.1 Å². The van der Waals surface area contributed by atoms with Gasteiger partial charge in [-0.05, 0) is 26.2 Å². The van der Waals surface area contributed by atoms with Gasteiger partial charge in [-0.3, -0.25) is 0 Å². The van der Waals surface area contributed by atoms with E-state index in [-0.39, 0.29) is 0 Å². The number of nitrogens with zero attached hydrogens (tertiary/aromatic N) is 4. The maximum Gasteiger partial charge on any atom is 0.212 e. The summed E-state index contributed by atoms with van der Waals surface area (Å²) in [5, 5.41) is 17.5. The first-order chi connectivity index (χ1) is 7.59. The lowest BCUT2D eigenvalue weighted by Gasteiger charge is -2.14. The van der Waals surface area contributed by atoms with E-state index in [0.717, 1.165) is 19.4 Å². The Hall–Kier alpha value is -1.85. The third kappa shape index (κ3) is 3.38. The largest absolute Gasteiger partial charge is 0.323 e. The second kappa shape index (κ2) is 5.29. The van der Waals surface area contributed by atoms with Gasteiger partial charge in [0.25, 0.3) is 0 Å². The molecule has 0 saturated heterocycles. The molecule has 0 fully saturated rings. The summed E-state index contributed by atoms with van der Waals surface area (Å²) in [6, 6.07) is 4.08. The van der Waals surface area contributed by atoms with Crippen molar-refractivity contribution in [1.29, 1.82) is 10.5 Å². The molecule has 0 aliphatic carbocycles. The van der Waals surface area contributed by atoms with E-state index in [1.807, 2.05) is 6.07 Å². The van der Waals surface area contributed by atoms with Crippen molar-refractivity contribution < 1.29 is 0 Å². The fraction of sp³-hybridized carbons (Fsp3) is 0.545. The van der Waals surface area contributed by atoms with Gasteiger partial charge < -0.3 is 10.3 Å². The van der Waals surface area contributed by atoms with Gasteiger partial charge in [-0.15, -0.1) is 0 Å². The summed E-state index contributed by atoms with van der Waals surface area (Å²) in [4.78, 5) is 3.90. The molecule has 5 nitrogen and oxygen atoms in total. The minimum Gasteiger partial charge on any atom is -0.323 e. The Morgan fingerprint density at radius 1 is 1.50 bits per heavy atom. The zero-order chi connectivity index (χ0) is 12.0. The molecule has 0 amide bonds. The Morgan fingerprint density at radius 2 is 2.25 bits per heavy atom. The summed E-state index contributed by atoms with van der Waals surface area (Å²) < 4.78 is 1.81. The van der Waals surface area contributed by atoms with Gasteiger partial charge in [0, 0.05) is 18.9 Å². The monoisotopic (exact) mass is 217 g/mol. The van der Waals surface area contributed by atoms with E-state index in [1.54, 1.807) is 23.9 Å². The molecule has 0 bridgehead atoms. The van der Waals surface area contributed by atoms with Gasteiger partial charge >= 0.3 is 0 Å². The van der Waals surface area contributed by atoms with Gasteiger partial charge in [0.2, 0.25) is 5.82 Å². The number of aryl methyl sites for hydroxylation is 1. The van der Waals surface area contributed by atoms with Crippen molar-refractivity contribution in [3.63, 3.8) is 0 Å². The van der Waals surface area contributed by atoms with E-state index in [4.69, 9.17) is 16.3 Å². The summed E-state index contributed by atoms with van der Waals surface area (Å²) in [5.74, 6) is 0.427. The molecule has 1 aromatic rings. The van der Waals surface area contributed by atoms with E-state index in [9.17, 15) is 0 Å². The number of unbranched alkanes of at least 4 members (excludes halogenated alkanes) is 1. The smallest absolute Gasteiger partial charge is 0.212 e. The molecule has 0 spiro atoms. The molecule has 1 rings (SSSR count). The molecule has 0 aromatic carbocycles. The van der Waals surface area contributed by atoms with Crippen molar-refractivity contribution >= 4 is 0 Å². The molecule has 1 heterocycles. The molecule has 0 radical (unpaired) electrons. The summed E-state index contributed by atoms with van der Waals surface area (Å²) in [6.45, 7) is 2.47. The van der Waals surface area contributed by atoms with Crippen LogP contribution in [0.15, 0.2) is 12.4 Å². The number of imidazole rings is 1. The van der Waals surface area contributed by atoms with E-state index < -0.39 is 5.54 Å². The molecule has 2 N–H and O–H groups in total. The molecular formula is C11H15N5. The molecule has 1 unspecified atom stereocenters. The lowest BCUT2D eigenvalue weighted by atomic mass is 9.98. The van der Waals surface area contributed by atoms with Crippen LogP contribution in [0.4, 0.5) is 0 Å². The Balaban J connectivity index is 2.33. The molecule has 1 aromatic heterocycles. The van der Waals surface area contributed by atoms with Gasteiger partial charge in [0.05, 0.1) is 6.07 Å². The molecule has 5 heteroatoms. The highest BCUT2D eigenvalue weighted by Gasteiger charge is 2.15. The van der Waals surface area contributed by atoms with Crippen LogP contribution in [0.5, 0.6) is 0 Å². The van der Waals surface area contributed by atoms with E-state index in [0.29, 0.717) is 12.2 Å². The van der Waals surface area contributed by atoms with Crippen LogP contribution in [0.3, 0.4) is 0 Å². The normalized spacial score (nSPS) is 13.8. The SMILES string of the molecule is CC(N)(C#N)CCCCn1ccnc1C#N. The van der Waals surface area contributed by atoms with Gasteiger partial charge in [0.1, 0.15) is 11.6 Å². The minimum atomic E-state index is -0.743. The molecule has 0 aliphatic rings. The van der Waals surface area contributed by atoms with Gasteiger partial charge in [-0.1, -0.05) is 0 Å². The fourth-order valence-electron chi connectivity index (χ4n) is 1.43. The maximum atomic E-state index is 8.73. The standard InChI is InChI=1S/C11H15N5/c1-11(14,9-13)4-2-3-6-16-7-5-15-10(16)8-12/h5,7H,2-4,6,14H2,1H3.